The summed E-state index contributed by atoms with van der Waals surface area (Å²) in [5, 5.41) is 0. The molecule has 0 aliphatic carbocycles. The molecule has 44 valence electrons. The van der Waals surface area contributed by atoms with Gasteiger partial charge >= 0.3 is 0 Å². The van der Waals surface area contributed by atoms with E-state index in [-0.39, 0.29) is 0 Å². The van der Waals surface area contributed by atoms with E-state index in [2.05, 4.69) is 24.1 Å². The van der Waals surface area contributed by atoms with Crippen LogP contribution >= 0.6 is 5.62 Å². The summed E-state index contributed by atoms with van der Waals surface area (Å²) in [7, 11) is 3.22. The van der Waals surface area contributed by atoms with Crippen LogP contribution in [0.3, 0.4) is 0 Å². The van der Waals surface area contributed by atoms with Gasteiger partial charge in [0.15, 0.2) is 0 Å². The predicted molar refractivity (Wildman–Crippen MR) is 35.3 cm³/mol. The first-order chi connectivity index (χ1) is 2.94. The molecule has 0 aliphatic heterocycles. The van der Waals surface area contributed by atoms with E-state index >= 15 is 0 Å². The van der Waals surface area contributed by atoms with E-state index in [0.29, 0.717) is 0 Å². The Morgan fingerprint density at radius 1 is 1.71 bits per heavy atom. The molecule has 1 atom stereocenters. The molecule has 0 spiro atoms. The van der Waals surface area contributed by atoms with Crippen LogP contribution in [0.4, 0.5) is 0 Å². The summed E-state index contributed by atoms with van der Waals surface area (Å²) >= 11 is 8.81. The SMILES string of the molecule is CN(C)P([O-])(=S)[S-]. The van der Waals surface area contributed by atoms with E-state index < -0.39 is 5.62 Å². The van der Waals surface area contributed by atoms with Crippen molar-refractivity contribution >= 4 is 29.7 Å². The molecule has 0 fully saturated rings. The first-order valence-electron chi connectivity index (χ1n) is 1.64. The quantitative estimate of drug-likeness (QED) is 0.383. The lowest BCUT2D eigenvalue weighted by Crippen LogP contribution is -2.14. The highest BCUT2D eigenvalue weighted by atomic mass is 32.9. The third-order valence-electron chi connectivity index (χ3n) is 0.490. The molecule has 1 unspecified atom stereocenters. The van der Waals surface area contributed by atoms with Crippen molar-refractivity contribution in [2.75, 3.05) is 14.1 Å². The topological polar surface area (TPSA) is 26.3 Å². The molecular weight excluding hydrogens is 149 g/mol. The minimum Gasteiger partial charge on any atom is -0.828 e. The Labute approximate surface area is 53.8 Å². The third kappa shape index (κ3) is 3.50. The number of hydrogen-bond acceptors (Lipinski definition) is 3. The second-order valence-electron chi connectivity index (χ2n) is 1.32. The molecule has 0 saturated carbocycles. The number of hydrogen-bond donors (Lipinski definition) is 0. The highest BCUT2D eigenvalue weighted by Crippen LogP contribution is 2.33. The van der Waals surface area contributed by atoms with Gasteiger partial charge in [0, 0.05) is 0 Å². The second-order valence-corrected chi connectivity index (χ2v) is 6.72. The highest BCUT2D eigenvalue weighted by Gasteiger charge is 1.81. The van der Waals surface area contributed by atoms with Crippen molar-refractivity contribution in [1.29, 1.82) is 0 Å². The summed E-state index contributed by atoms with van der Waals surface area (Å²) in [6, 6.07) is 0. The van der Waals surface area contributed by atoms with Gasteiger partial charge in [-0.1, -0.05) is 0 Å². The Morgan fingerprint density at radius 3 is 1.86 bits per heavy atom. The molecule has 5 heteroatoms. The lowest BCUT2D eigenvalue weighted by atomic mass is 11.3. The zero-order chi connectivity index (χ0) is 6.08. The van der Waals surface area contributed by atoms with E-state index in [1.165, 1.54) is 4.67 Å². The zero-order valence-corrected chi connectivity index (χ0v) is 6.65. The fraction of sp³-hybridized carbons (Fsp3) is 1.00. The number of rotatable bonds is 1. The molecular formula is C2H6NOPS2-2. The van der Waals surface area contributed by atoms with Crippen LogP contribution in [0, 0.1) is 0 Å². The molecule has 7 heavy (non-hydrogen) atoms. The summed E-state index contributed by atoms with van der Waals surface area (Å²) in [5.41, 5.74) is -2.74. The largest absolute Gasteiger partial charge is 0.828 e. The first kappa shape index (κ1) is 7.92. The minimum atomic E-state index is -2.74. The molecule has 0 aromatic carbocycles. The zero-order valence-electron chi connectivity index (χ0n) is 4.12. The van der Waals surface area contributed by atoms with Crippen LogP contribution in [0.1, 0.15) is 0 Å². The molecule has 0 saturated heterocycles. The van der Waals surface area contributed by atoms with E-state index in [1.807, 2.05) is 0 Å². The summed E-state index contributed by atoms with van der Waals surface area (Å²) in [4.78, 5) is 10.5. The molecule has 0 N–H and O–H groups in total. The molecule has 0 bridgehead atoms. The molecule has 0 amide bonds. The summed E-state index contributed by atoms with van der Waals surface area (Å²) < 4.78 is 1.37. The van der Waals surface area contributed by atoms with Gasteiger partial charge in [-0.2, -0.15) is 5.62 Å². The van der Waals surface area contributed by atoms with Gasteiger partial charge in [0.2, 0.25) is 0 Å². The minimum absolute atomic E-state index is 1.37. The highest BCUT2D eigenvalue weighted by molar-refractivity contribution is 8.51. The normalized spacial score (nSPS) is 19.6. The lowest BCUT2D eigenvalue weighted by Gasteiger charge is -2.42. The van der Waals surface area contributed by atoms with E-state index in [9.17, 15) is 4.89 Å². The second kappa shape index (κ2) is 2.46. The smallest absolute Gasteiger partial charge is 0.0121 e. The maximum atomic E-state index is 10.5. The average Bonchev–Trinajstić information content (AvgIpc) is 1.31. The van der Waals surface area contributed by atoms with Crippen molar-refractivity contribution in [3.8, 4) is 0 Å². The Kier molecular flexibility index (Phi) is 2.79. The number of nitrogens with zero attached hydrogens (tertiary/aromatic N) is 1. The Bertz CT molecular complexity index is 97.9. The van der Waals surface area contributed by atoms with Gasteiger partial charge in [-0.05, 0) is 14.1 Å². The maximum absolute atomic E-state index is 10.5. The van der Waals surface area contributed by atoms with E-state index in [1.54, 1.807) is 14.1 Å². The van der Waals surface area contributed by atoms with Gasteiger partial charge in [0.05, 0.1) is 0 Å². The van der Waals surface area contributed by atoms with Crippen molar-refractivity contribution in [2.24, 2.45) is 0 Å². The van der Waals surface area contributed by atoms with E-state index in [0.717, 1.165) is 0 Å². The molecule has 0 radical (unpaired) electrons. The van der Waals surface area contributed by atoms with Crippen LogP contribution < -0.4 is 4.89 Å². The lowest BCUT2D eigenvalue weighted by molar-refractivity contribution is -0.163. The van der Waals surface area contributed by atoms with Gasteiger partial charge in [-0.3, -0.25) is 0 Å². The van der Waals surface area contributed by atoms with Gasteiger partial charge in [-0.15, -0.1) is 11.8 Å². The van der Waals surface area contributed by atoms with Crippen LogP contribution in [0.5, 0.6) is 0 Å². The van der Waals surface area contributed by atoms with Crippen LogP contribution in [0.25, 0.3) is 0 Å². The monoisotopic (exact) mass is 155 g/mol. The summed E-state index contributed by atoms with van der Waals surface area (Å²) in [6.45, 7) is 0. The molecule has 0 aromatic rings. The van der Waals surface area contributed by atoms with Crippen molar-refractivity contribution in [2.45, 2.75) is 0 Å². The maximum Gasteiger partial charge on any atom is -0.0121 e. The van der Waals surface area contributed by atoms with Gasteiger partial charge in [-0.25, -0.2) is 0 Å². The van der Waals surface area contributed by atoms with E-state index in [4.69, 9.17) is 0 Å². The summed E-state index contributed by atoms with van der Waals surface area (Å²) in [5.74, 6) is 0. The molecule has 0 heterocycles. The van der Waals surface area contributed by atoms with Gasteiger partial charge in [0.1, 0.15) is 0 Å². The van der Waals surface area contributed by atoms with Crippen molar-refractivity contribution in [3.05, 3.63) is 0 Å². The van der Waals surface area contributed by atoms with Crippen LogP contribution in [-0.2, 0) is 24.1 Å². The van der Waals surface area contributed by atoms with Crippen LogP contribution in [-0.4, -0.2) is 18.8 Å². The van der Waals surface area contributed by atoms with Crippen molar-refractivity contribution in [3.63, 3.8) is 0 Å². The average molecular weight is 155 g/mol. The molecule has 2 nitrogen and oxygen atoms in total. The fourth-order valence-electron chi connectivity index (χ4n) is 0. The third-order valence-corrected chi connectivity index (χ3v) is 3.43. The van der Waals surface area contributed by atoms with Gasteiger partial charge < -0.3 is 21.8 Å². The van der Waals surface area contributed by atoms with Crippen LogP contribution in [0.15, 0.2) is 0 Å². The van der Waals surface area contributed by atoms with Gasteiger partial charge in [0.25, 0.3) is 0 Å². The van der Waals surface area contributed by atoms with Crippen molar-refractivity contribution < 1.29 is 4.89 Å². The summed E-state index contributed by atoms with van der Waals surface area (Å²) in [6.07, 6.45) is 0. The first-order valence-corrected chi connectivity index (χ1v) is 5.33. The van der Waals surface area contributed by atoms with Crippen molar-refractivity contribution in [1.82, 2.24) is 4.67 Å². The predicted octanol–water partition coefficient (Wildman–Crippen LogP) is -0.320. The molecule has 0 aliphatic rings. The fourth-order valence-corrected chi connectivity index (χ4v) is 0. The standard InChI is InChI=1S/C2H8NOPS2/c1-3(2)5(4,6)7/h1-2H3,(H2,4,6,7)/p-2. The van der Waals surface area contributed by atoms with Crippen LogP contribution in [0.2, 0.25) is 0 Å². The molecule has 0 aromatic heterocycles. The Morgan fingerprint density at radius 2 is 1.86 bits per heavy atom. The Hall–Kier alpha value is 0.920. The Balaban J connectivity index is 3.80. The molecule has 0 rings (SSSR count).